The van der Waals surface area contributed by atoms with E-state index in [1.54, 1.807) is 6.07 Å². The minimum absolute atomic E-state index is 0.0830. The molecule has 0 saturated heterocycles. The van der Waals surface area contributed by atoms with Crippen LogP contribution in [0.4, 0.5) is 4.79 Å². The lowest BCUT2D eigenvalue weighted by atomic mass is 10.3. The van der Waals surface area contributed by atoms with E-state index in [9.17, 15) is 9.59 Å². The van der Waals surface area contributed by atoms with Crippen LogP contribution in [-0.2, 0) is 16.2 Å². The fourth-order valence-electron chi connectivity index (χ4n) is 1.42. The second kappa shape index (κ2) is 5.88. The number of fused-ring (bicyclic) bond motifs is 1. The molecule has 96 valence electrons. The van der Waals surface area contributed by atoms with Gasteiger partial charge in [0.15, 0.2) is 6.73 Å². The number of para-hydroxylation sites is 1. The van der Waals surface area contributed by atoms with Crippen LogP contribution >= 0.6 is 22.9 Å². The van der Waals surface area contributed by atoms with Crippen LogP contribution in [0.2, 0.25) is 0 Å². The highest BCUT2D eigenvalue weighted by atomic mass is 35.5. The van der Waals surface area contributed by atoms with Crippen molar-refractivity contribution in [3.63, 3.8) is 0 Å². The number of hydrogen-bond acceptors (Lipinski definition) is 5. The topological polar surface area (TPSA) is 57.5 Å². The highest BCUT2D eigenvalue weighted by Gasteiger charge is 2.09. The molecule has 0 radical (unpaired) electrons. The van der Waals surface area contributed by atoms with Crippen molar-refractivity contribution in [3.8, 4) is 0 Å². The Morgan fingerprint density at radius 3 is 2.89 bits per heavy atom. The maximum atomic E-state index is 11.7. The monoisotopic (exact) mass is 287 g/mol. The number of nitrogens with zero attached hydrogens (tertiary/aromatic N) is 1. The van der Waals surface area contributed by atoms with E-state index < -0.39 is 6.16 Å². The molecule has 0 N–H and O–H groups in total. The lowest BCUT2D eigenvalue weighted by Crippen LogP contribution is -2.18. The Kier molecular flexibility index (Phi) is 4.22. The zero-order chi connectivity index (χ0) is 13.0. The van der Waals surface area contributed by atoms with Gasteiger partial charge in [-0.1, -0.05) is 23.5 Å². The summed E-state index contributed by atoms with van der Waals surface area (Å²) < 4.78 is 11.7. The number of carbonyl (C=O) groups is 1. The molecule has 1 aromatic heterocycles. The third-order valence-corrected chi connectivity index (χ3v) is 3.30. The largest absolute Gasteiger partial charge is 0.510 e. The Bertz CT molecular complexity index is 606. The number of ether oxygens (including phenoxy) is 2. The smallest absolute Gasteiger partial charge is 0.433 e. The average Bonchev–Trinajstić information content (AvgIpc) is 2.69. The van der Waals surface area contributed by atoms with E-state index in [0.717, 1.165) is 21.6 Å². The molecule has 1 heterocycles. The van der Waals surface area contributed by atoms with E-state index in [0.29, 0.717) is 0 Å². The Labute approximate surface area is 111 Å². The zero-order valence-electron chi connectivity index (χ0n) is 9.30. The molecule has 7 heteroatoms. The zero-order valence-corrected chi connectivity index (χ0v) is 10.9. The van der Waals surface area contributed by atoms with Crippen LogP contribution < -0.4 is 4.87 Å². The molecule has 0 spiro atoms. The van der Waals surface area contributed by atoms with Gasteiger partial charge in [0.05, 0.1) is 16.1 Å². The van der Waals surface area contributed by atoms with E-state index in [1.807, 2.05) is 18.2 Å². The van der Waals surface area contributed by atoms with Gasteiger partial charge in [-0.3, -0.25) is 9.36 Å². The second-order valence-electron chi connectivity index (χ2n) is 3.32. The summed E-state index contributed by atoms with van der Waals surface area (Å²) in [6, 6.07) is 7.29. The van der Waals surface area contributed by atoms with E-state index in [-0.39, 0.29) is 24.1 Å². The van der Waals surface area contributed by atoms with Crippen molar-refractivity contribution < 1.29 is 14.3 Å². The van der Waals surface area contributed by atoms with E-state index in [2.05, 4.69) is 4.74 Å². The first-order valence-electron chi connectivity index (χ1n) is 5.16. The highest BCUT2D eigenvalue weighted by molar-refractivity contribution is 7.16. The van der Waals surface area contributed by atoms with Crippen molar-refractivity contribution in [2.45, 2.75) is 6.73 Å². The molecule has 1 aromatic carbocycles. The Hall–Kier alpha value is -1.53. The van der Waals surface area contributed by atoms with Crippen LogP contribution in [0.5, 0.6) is 0 Å². The van der Waals surface area contributed by atoms with Gasteiger partial charge in [0, 0.05) is 0 Å². The van der Waals surface area contributed by atoms with Crippen LogP contribution in [0.1, 0.15) is 0 Å². The molecule has 5 nitrogen and oxygen atoms in total. The van der Waals surface area contributed by atoms with Crippen molar-refractivity contribution in [1.29, 1.82) is 0 Å². The Morgan fingerprint density at radius 2 is 2.11 bits per heavy atom. The summed E-state index contributed by atoms with van der Waals surface area (Å²) in [6.45, 7) is -0.0797. The minimum Gasteiger partial charge on any atom is -0.433 e. The third kappa shape index (κ3) is 2.83. The van der Waals surface area contributed by atoms with Gasteiger partial charge >= 0.3 is 11.0 Å². The van der Waals surface area contributed by atoms with Gasteiger partial charge in [-0.15, -0.1) is 11.6 Å². The first-order chi connectivity index (χ1) is 8.72. The van der Waals surface area contributed by atoms with Gasteiger partial charge in [-0.05, 0) is 12.1 Å². The molecule has 0 aliphatic rings. The lowest BCUT2D eigenvalue weighted by molar-refractivity contribution is 0.0381. The summed E-state index contributed by atoms with van der Waals surface area (Å²) in [5.74, 6) is 0.205. The lowest BCUT2D eigenvalue weighted by Gasteiger charge is -2.05. The molecule has 0 amide bonds. The van der Waals surface area contributed by atoms with Gasteiger partial charge in [-0.25, -0.2) is 4.79 Å². The molecule has 2 aromatic rings. The molecule has 0 bridgehead atoms. The van der Waals surface area contributed by atoms with Gasteiger partial charge in [0.1, 0.15) is 6.61 Å². The molecule has 0 aliphatic carbocycles. The number of carbonyl (C=O) groups excluding carboxylic acids is 1. The molecule has 0 aliphatic heterocycles. The first kappa shape index (κ1) is 12.9. The number of alkyl halides is 1. The number of thiazole rings is 1. The molecule has 0 saturated carbocycles. The standard InChI is InChI=1S/C11H10ClNO4S/c12-5-6-16-11(15)17-7-13-8-3-1-2-4-9(8)18-10(13)14/h1-4H,5-7H2. The fraction of sp³-hybridized carbons (Fsp3) is 0.273. The SMILES string of the molecule is O=C(OCCCl)OCn1c(=O)sc2ccccc21. The molecule has 18 heavy (non-hydrogen) atoms. The molecule has 0 atom stereocenters. The summed E-state index contributed by atoms with van der Waals surface area (Å²) in [7, 11) is 0. The van der Waals surface area contributed by atoms with E-state index in [1.165, 1.54) is 4.57 Å². The average molecular weight is 288 g/mol. The maximum Gasteiger partial charge on any atom is 0.510 e. The summed E-state index contributed by atoms with van der Waals surface area (Å²) in [4.78, 5) is 22.6. The quantitative estimate of drug-likeness (QED) is 0.640. The van der Waals surface area contributed by atoms with Gasteiger partial charge < -0.3 is 9.47 Å². The maximum absolute atomic E-state index is 11.7. The van der Waals surface area contributed by atoms with Crippen molar-refractivity contribution in [2.75, 3.05) is 12.5 Å². The predicted molar refractivity (Wildman–Crippen MR) is 69.2 cm³/mol. The fourth-order valence-corrected chi connectivity index (χ4v) is 2.37. The second-order valence-corrected chi connectivity index (χ2v) is 4.70. The van der Waals surface area contributed by atoms with Crippen LogP contribution in [0, 0.1) is 0 Å². The van der Waals surface area contributed by atoms with Crippen molar-refractivity contribution in [2.24, 2.45) is 0 Å². The number of halogens is 1. The number of benzene rings is 1. The van der Waals surface area contributed by atoms with Crippen molar-refractivity contribution in [3.05, 3.63) is 33.9 Å². The summed E-state index contributed by atoms with van der Waals surface area (Å²) in [5.41, 5.74) is 0.734. The molecule has 0 fully saturated rings. The predicted octanol–water partition coefficient (Wildman–Crippen LogP) is 2.41. The summed E-state index contributed by atoms with van der Waals surface area (Å²) in [5, 5.41) is 0. The van der Waals surface area contributed by atoms with E-state index >= 15 is 0 Å². The van der Waals surface area contributed by atoms with Crippen molar-refractivity contribution in [1.82, 2.24) is 4.57 Å². The van der Waals surface area contributed by atoms with Crippen LogP contribution in [-0.4, -0.2) is 23.2 Å². The van der Waals surface area contributed by atoms with Crippen molar-refractivity contribution >= 4 is 39.3 Å². The third-order valence-electron chi connectivity index (χ3n) is 2.18. The van der Waals surface area contributed by atoms with Crippen LogP contribution in [0.15, 0.2) is 29.1 Å². The molecular weight excluding hydrogens is 278 g/mol. The Balaban J connectivity index is 2.10. The normalized spacial score (nSPS) is 10.5. The Morgan fingerprint density at radius 1 is 1.33 bits per heavy atom. The number of hydrogen-bond donors (Lipinski definition) is 0. The van der Waals surface area contributed by atoms with Gasteiger partial charge in [0.25, 0.3) is 0 Å². The molecular formula is C11H10ClNO4S. The van der Waals surface area contributed by atoms with Gasteiger partial charge in [0.2, 0.25) is 0 Å². The van der Waals surface area contributed by atoms with Crippen LogP contribution in [0.25, 0.3) is 10.2 Å². The summed E-state index contributed by atoms with van der Waals surface area (Å²) >= 11 is 6.46. The number of aromatic nitrogens is 1. The first-order valence-corrected chi connectivity index (χ1v) is 6.51. The van der Waals surface area contributed by atoms with E-state index in [4.69, 9.17) is 16.3 Å². The van der Waals surface area contributed by atoms with Crippen LogP contribution in [0.3, 0.4) is 0 Å². The molecule has 0 unspecified atom stereocenters. The summed E-state index contributed by atoms with van der Waals surface area (Å²) in [6.07, 6.45) is -0.835. The minimum atomic E-state index is -0.835. The van der Waals surface area contributed by atoms with Gasteiger partial charge in [-0.2, -0.15) is 0 Å². The highest BCUT2D eigenvalue weighted by Crippen LogP contribution is 2.16. The molecule has 2 rings (SSSR count). The number of rotatable bonds is 4.